The van der Waals surface area contributed by atoms with Crippen molar-refractivity contribution in [3.63, 3.8) is 0 Å². The van der Waals surface area contributed by atoms with Gasteiger partial charge in [0.25, 0.3) is 5.91 Å². The molecular weight excluding hydrogens is 346 g/mol. The first-order chi connectivity index (χ1) is 13.2. The number of amides is 2. The molecule has 27 heavy (non-hydrogen) atoms. The molecule has 0 aliphatic carbocycles. The van der Waals surface area contributed by atoms with Gasteiger partial charge < -0.3 is 15.0 Å². The second-order valence-electron chi connectivity index (χ2n) is 6.76. The highest BCUT2D eigenvalue weighted by Crippen LogP contribution is 2.22. The summed E-state index contributed by atoms with van der Waals surface area (Å²) >= 11 is 0. The molecule has 1 saturated heterocycles. The third-order valence-corrected chi connectivity index (χ3v) is 4.83. The van der Waals surface area contributed by atoms with E-state index in [1.165, 1.54) is 6.33 Å². The smallest absolute Gasteiger partial charge is 0.291 e. The molecule has 1 aromatic heterocycles. The summed E-state index contributed by atoms with van der Waals surface area (Å²) in [6.45, 7) is 1.86. The summed E-state index contributed by atoms with van der Waals surface area (Å²) in [5.74, 6) is 1.27. The van der Waals surface area contributed by atoms with E-state index in [-0.39, 0.29) is 17.6 Å². The Bertz CT molecular complexity index is 762. The SMILES string of the molecule is COc1cccc(CNC(=O)CCC2CCCN(C(=O)c3ncn[nH]3)C2)c1. The highest BCUT2D eigenvalue weighted by molar-refractivity contribution is 5.90. The zero-order valence-electron chi connectivity index (χ0n) is 15.5. The van der Waals surface area contributed by atoms with Crippen LogP contribution in [0.1, 0.15) is 41.9 Å². The predicted molar refractivity (Wildman–Crippen MR) is 99.1 cm³/mol. The maximum atomic E-state index is 12.4. The van der Waals surface area contributed by atoms with Crippen LogP contribution < -0.4 is 10.1 Å². The van der Waals surface area contributed by atoms with Crippen LogP contribution >= 0.6 is 0 Å². The Kier molecular flexibility index (Phi) is 6.40. The van der Waals surface area contributed by atoms with Crippen LogP contribution in [0.15, 0.2) is 30.6 Å². The number of hydrogen-bond donors (Lipinski definition) is 2. The predicted octanol–water partition coefficient (Wildman–Crippen LogP) is 1.76. The Balaban J connectivity index is 1.42. The third kappa shape index (κ3) is 5.29. The number of H-pyrrole nitrogens is 1. The van der Waals surface area contributed by atoms with E-state index in [1.54, 1.807) is 12.0 Å². The van der Waals surface area contributed by atoms with Gasteiger partial charge in [-0.3, -0.25) is 14.7 Å². The summed E-state index contributed by atoms with van der Waals surface area (Å²) in [6, 6.07) is 7.65. The van der Waals surface area contributed by atoms with Crippen LogP contribution in [-0.2, 0) is 11.3 Å². The summed E-state index contributed by atoms with van der Waals surface area (Å²) in [5, 5.41) is 9.29. The summed E-state index contributed by atoms with van der Waals surface area (Å²) < 4.78 is 5.19. The fourth-order valence-corrected chi connectivity index (χ4v) is 3.35. The van der Waals surface area contributed by atoms with Gasteiger partial charge in [-0.05, 0) is 42.9 Å². The number of nitrogens with zero attached hydrogens (tertiary/aromatic N) is 3. The third-order valence-electron chi connectivity index (χ3n) is 4.83. The van der Waals surface area contributed by atoms with Crippen molar-refractivity contribution in [3.05, 3.63) is 42.0 Å². The lowest BCUT2D eigenvalue weighted by atomic mass is 9.93. The minimum absolute atomic E-state index is 0.0245. The monoisotopic (exact) mass is 371 g/mol. The minimum Gasteiger partial charge on any atom is -0.497 e. The number of hydrogen-bond acceptors (Lipinski definition) is 5. The second-order valence-corrected chi connectivity index (χ2v) is 6.76. The number of piperidine rings is 1. The summed E-state index contributed by atoms with van der Waals surface area (Å²) in [6.07, 6.45) is 4.53. The molecule has 1 atom stereocenters. The van der Waals surface area contributed by atoms with E-state index in [1.807, 2.05) is 24.3 Å². The zero-order valence-corrected chi connectivity index (χ0v) is 15.5. The Labute approximate surface area is 158 Å². The fraction of sp³-hybridized carbons (Fsp3) is 0.474. The molecule has 2 N–H and O–H groups in total. The first-order valence-corrected chi connectivity index (χ1v) is 9.20. The second kappa shape index (κ2) is 9.16. The van der Waals surface area contributed by atoms with Crippen molar-refractivity contribution in [2.75, 3.05) is 20.2 Å². The number of likely N-dealkylation sites (tertiary alicyclic amines) is 1. The van der Waals surface area contributed by atoms with Gasteiger partial charge in [-0.25, -0.2) is 4.98 Å². The van der Waals surface area contributed by atoms with E-state index in [0.29, 0.717) is 25.4 Å². The summed E-state index contributed by atoms with van der Waals surface area (Å²) in [4.78, 5) is 30.2. The lowest BCUT2D eigenvalue weighted by Crippen LogP contribution is -2.40. The van der Waals surface area contributed by atoms with Gasteiger partial charge in [0.2, 0.25) is 11.7 Å². The van der Waals surface area contributed by atoms with Gasteiger partial charge in [0, 0.05) is 26.1 Å². The molecule has 8 nitrogen and oxygen atoms in total. The molecule has 1 aliphatic rings. The molecule has 0 saturated carbocycles. The Morgan fingerprint density at radius 2 is 2.30 bits per heavy atom. The zero-order chi connectivity index (χ0) is 19.1. The molecule has 0 spiro atoms. The number of methoxy groups -OCH3 is 1. The molecule has 3 rings (SSSR count). The molecule has 8 heteroatoms. The largest absolute Gasteiger partial charge is 0.497 e. The molecule has 0 bridgehead atoms. The molecule has 144 valence electrons. The highest BCUT2D eigenvalue weighted by atomic mass is 16.5. The normalized spacial score (nSPS) is 16.8. The lowest BCUT2D eigenvalue weighted by molar-refractivity contribution is -0.121. The van der Waals surface area contributed by atoms with Crippen molar-refractivity contribution in [2.24, 2.45) is 5.92 Å². The summed E-state index contributed by atoms with van der Waals surface area (Å²) in [7, 11) is 1.62. The lowest BCUT2D eigenvalue weighted by Gasteiger charge is -2.32. The van der Waals surface area contributed by atoms with Crippen LogP contribution in [-0.4, -0.2) is 52.1 Å². The van der Waals surface area contributed by atoms with Gasteiger partial charge in [-0.2, -0.15) is 5.10 Å². The van der Waals surface area contributed by atoms with E-state index in [4.69, 9.17) is 4.74 Å². The fourth-order valence-electron chi connectivity index (χ4n) is 3.35. The van der Waals surface area contributed by atoms with Gasteiger partial charge in [-0.15, -0.1) is 0 Å². The van der Waals surface area contributed by atoms with Crippen molar-refractivity contribution in [1.82, 2.24) is 25.4 Å². The van der Waals surface area contributed by atoms with Crippen LogP contribution in [0.4, 0.5) is 0 Å². The van der Waals surface area contributed by atoms with Crippen molar-refractivity contribution in [1.29, 1.82) is 0 Å². The van der Waals surface area contributed by atoms with Gasteiger partial charge in [0.15, 0.2) is 0 Å². The van der Waals surface area contributed by atoms with E-state index >= 15 is 0 Å². The van der Waals surface area contributed by atoms with Crippen LogP contribution in [0.25, 0.3) is 0 Å². The van der Waals surface area contributed by atoms with Crippen LogP contribution in [0, 0.1) is 5.92 Å². The highest BCUT2D eigenvalue weighted by Gasteiger charge is 2.26. The molecule has 2 heterocycles. The van der Waals surface area contributed by atoms with Crippen molar-refractivity contribution < 1.29 is 14.3 Å². The standard InChI is InChI=1S/C19H25N5O3/c1-27-16-6-2-4-15(10-16)11-20-17(25)8-7-14-5-3-9-24(12-14)19(26)18-21-13-22-23-18/h2,4,6,10,13-14H,3,5,7-9,11-12H2,1H3,(H,20,25)(H,21,22,23). The van der Waals surface area contributed by atoms with Gasteiger partial charge in [0.1, 0.15) is 12.1 Å². The Morgan fingerprint density at radius 3 is 3.07 bits per heavy atom. The average molecular weight is 371 g/mol. The van der Waals surface area contributed by atoms with Crippen LogP contribution in [0.5, 0.6) is 5.75 Å². The van der Waals surface area contributed by atoms with Crippen molar-refractivity contribution >= 4 is 11.8 Å². The quantitative estimate of drug-likeness (QED) is 0.772. The maximum absolute atomic E-state index is 12.4. The molecule has 1 aromatic carbocycles. The van der Waals surface area contributed by atoms with Crippen LogP contribution in [0.2, 0.25) is 0 Å². The maximum Gasteiger partial charge on any atom is 0.291 e. The molecule has 1 aliphatic heterocycles. The number of rotatable bonds is 7. The summed E-state index contributed by atoms with van der Waals surface area (Å²) in [5.41, 5.74) is 1.00. The van der Waals surface area contributed by atoms with E-state index in [9.17, 15) is 9.59 Å². The van der Waals surface area contributed by atoms with E-state index in [2.05, 4.69) is 20.5 Å². The molecule has 2 aromatic rings. The molecular formula is C19H25N5O3. The van der Waals surface area contributed by atoms with E-state index in [0.717, 1.165) is 37.1 Å². The number of carbonyl (C=O) groups is 2. The molecule has 1 fully saturated rings. The van der Waals surface area contributed by atoms with E-state index < -0.39 is 0 Å². The number of nitrogens with one attached hydrogen (secondary N) is 2. The first kappa shape index (κ1) is 18.9. The first-order valence-electron chi connectivity index (χ1n) is 9.20. The van der Waals surface area contributed by atoms with Crippen molar-refractivity contribution in [2.45, 2.75) is 32.2 Å². The number of carbonyl (C=O) groups excluding carboxylic acids is 2. The minimum atomic E-state index is -0.125. The molecule has 2 amide bonds. The van der Waals surface area contributed by atoms with Gasteiger partial charge in [-0.1, -0.05) is 12.1 Å². The topological polar surface area (TPSA) is 100 Å². The van der Waals surface area contributed by atoms with Crippen molar-refractivity contribution in [3.8, 4) is 5.75 Å². The van der Waals surface area contributed by atoms with Crippen LogP contribution in [0.3, 0.4) is 0 Å². The number of benzene rings is 1. The average Bonchev–Trinajstić information content (AvgIpc) is 3.25. The number of aromatic amines is 1. The number of aromatic nitrogens is 3. The molecule has 1 unspecified atom stereocenters. The Hall–Kier alpha value is -2.90. The van der Waals surface area contributed by atoms with Gasteiger partial charge >= 0.3 is 0 Å². The van der Waals surface area contributed by atoms with Gasteiger partial charge in [0.05, 0.1) is 7.11 Å². The number of ether oxygens (including phenoxy) is 1. The molecule has 0 radical (unpaired) electrons. The Morgan fingerprint density at radius 1 is 1.41 bits per heavy atom.